The lowest BCUT2D eigenvalue weighted by Gasteiger charge is -2.24. The van der Waals surface area contributed by atoms with E-state index in [0.29, 0.717) is 6.04 Å². The molecule has 1 aromatic carbocycles. The first-order valence-electron chi connectivity index (χ1n) is 7.84. The molecule has 0 radical (unpaired) electrons. The largest absolute Gasteiger partial charge is 0.381 e. The summed E-state index contributed by atoms with van der Waals surface area (Å²) >= 11 is 6.34. The van der Waals surface area contributed by atoms with Crippen LogP contribution < -0.4 is 10.2 Å². The van der Waals surface area contributed by atoms with Crippen LogP contribution in [-0.2, 0) is 0 Å². The Labute approximate surface area is 128 Å². The van der Waals surface area contributed by atoms with E-state index >= 15 is 0 Å². The predicted molar refractivity (Wildman–Crippen MR) is 90.1 cm³/mol. The molecule has 112 valence electrons. The van der Waals surface area contributed by atoms with Crippen LogP contribution in [0.5, 0.6) is 0 Å². The number of para-hydroxylation sites is 1. The van der Waals surface area contributed by atoms with Gasteiger partial charge in [0.25, 0.3) is 0 Å². The molecule has 2 rings (SSSR count). The highest BCUT2D eigenvalue weighted by Crippen LogP contribution is 2.35. The van der Waals surface area contributed by atoms with Gasteiger partial charge in [0.2, 0.25) is 0 Å². The van der Waals surface area contributed by atoms with Crippen LogP contribution in [0.3, 0.4) is 0 Å². The highest BCUT2D eigenvalue weighted by molar-refractivity contribution is 6.34. The van der Waals surface area contributed by atoms with Crippen molar-refractivity contribution >= 4 is 23.0 Å². The number of rotatable bonds is 4. The summed E-state index contributed by atoms with van der Waals surface area (Å²) in [5, 5.41) is 4.55. The van der Waals surface area contributed by atoms with Gasteiger partial charge >= 0.3 is 0 Å². The van der Waals surface area contributed by atoms with Gasteiger partial charge in [-0.15, -0.1) is 0 Å². The fourth-order valence-electron chi connectivity index (χ4n) is 3.24. The van der Waals surface area contributed by atoms with Gasteiger partial charge in [-0.05, 0) is 37.3 Å². The van der Waals surface area contributed by atoms with Crippen LogP contribution in [0.4, 0.5) is 11.4 Å². The Balaban J connectivity index is 2.08. The van der Waals surface area contributed by atoms with Crippen LogP contribution in [0, 0.1) is 5.92 Å². The first-order valence-corrected chi connectivity index (χ1v) is 8.22. The first kappa shape index (κ1) is 15.5. The molecule has 0 bridgehead atoms. The molecule has 0 aromatic heterocycles. The second-order valence-electron chi connectivity index (χ2n) is 6.15. The summed E-state index contributed by atoms with van der Waals surface area (Å²) < 4.78 is 0. The molecule has 1 aliphatic rings. The zero-order valence-electron chi connectivity index (χ0n) is 13.0. The van der Waals surface area contributed by atoms with E-state index in [1.54, 1.807) is 0 Å². The Morgan fingerprint density at radius 2 is 2.00 bits per heavy atom. The van der Waals surface area contributed by atoms with Crippen molar-refractivity contribution in [3.63, 3.8) is 0 Å². The zero-order chi connectivity index (χ0) is 14.5. The third-order valence-corrected chi connectivity index (χ3v) is 4.76. The number of nitrogens with one attached hydrogen (secondary N) is 1. The average Bonchev–Trinajstić information content (AvgIpc) is 2.63. The van der Waals surface area contributed by atoms with Crippen molar-refractivity contribution in [2.24, 2.45) is 5.92 Å². The van der Waals surface area contributed by atoms with Gasteiger partial charge in [-0.25, -0.2) is 0 Å². The molecule has 1 saturated carbocycles. The minimum Gasteiger partial charge on any atom is -0.381 e. The second kappa shape index (κ2) is 7.21. The summed E-state index contributed by atoms with van der Waals surface area (Å²) in [6.07, 6.45) is 7.96. The zero-order valence-corrected chi connectivity index (χ0v) is 13.7. The van der Waals surface area contributed by atoms with Crippen molar-refractivity contribution < 1.29 is 0 Å². The standard InChI is InChI=1S/C17H27ClN2/c1-4-13-7-5-8-14(12-11-13)19-16-10-6-9-15(18)17(16)20(2)3/h6,9-10,13-14,19H,4-5,7-8,11-12H2,1-3H3. The molecule has 0 saturated heterocycles. The minimum absolute atomic E-state index is 0.587. The van der Waals surface area contributed by atoms with Crippen LogP contribution in [0.1, 0.15) is 45.4 Å². The monoisotopic (exact) mass is 294 g/mol. The Kier molecular flexibility index (Phi) is 5.59. The third-order valence-electron chi connectivity index (χ3n) is 4.46. The molecule has 0 spiro atoms. The quantitative estimate of drug-likeness (QED) is 0.770. The Morgan fingerprint density at radius 1 is 1.20 bits per heavy atom. The van der Waals surface area contributed by atoms with Crippen LogP contribution in [0.2, 0.25) is 5.02 Å². The van der Waals surface area contributed by atoms with Gasteiger partial charge in [0.15, 0.2) is 0 Å². The third kappa shape index (κ3) is 3.82. The molecule has 1 fully saturated rings. The van der Waals surface area contributed by atoms with Gasteiger partial charge in [-0.1, -0.05) is 43.9 Å². The summed E-state index contributed by atoms with van der Waals surface area (Å²) in [5.41, 5.74) is 2.27. The SMILES string of the molecule is CCC1CCCC(Nc2cccc(Cl)c2N(C)C)CC1. The molecule has 2 atom stereocenters. The molecule has 0 aliphatic heterocycles. The molecule has 1 aromatic rings. The van der Waals surface area contributed by atoms with Gasteiger partial charge in [0.05, 0.1) is 16.4 Å². The molecule has 1 aliphatic carbocycles. The van der Waals surface area contributed by atoms with E-state index < -0.39 is 0 Å². The van der Waals surface area contributed by atoms with Crippen molar-refractivity contribution in [2.45, 2.75) is 51.5 Å². The Morgan fingerprint density at radius 3 is 2.70 bits per heavy atom. The highest BCUT2D eigenvalue weighted by Gasteiger charge is 2.19. The lowest BCUT2D eigenvalue weighted by molar-refractivity contribution is 0.444. The van der Waals surface area contributed by atoms with Crippen molar-refractivity contribution in [2.75, 3.05) is 24.3 Å². The first-order chi connectivity index (χ1) is 9.61. The summed E-state index contributed by atoms with van der Waals surface area (Å²) in [5.74, 6) is 0.925. The fraction of sp³-hybridized carbons (Fsp3) is 0.647. The smallest absolute Gasteiger partial charge is 0.0786 e. The lowest BCUT2D eigenvalue weighted by Crippen LogP contribution is -2.21. The number of hydrogen-bond donors (Lipinski definition) is 1. The molecule has 3 heteroatoms. The fourth-order valence-corrected chi connectivity index (χ4v) is 3.58. The number of anilines is 2. The molecule has 20 heavy (non-hydrogen) atoms. The average molecular weight is 295 g/mol. The van der Waals surface area contributed by atoms with Gasteiger partial charge in [-0.2, -0.15) is 0 Å². The normalized spacial score (nSPS) is 23.2. The predicted octanol–water partition coefficient (Wildman–Crippen LogP) is 5.18. The van der Waals surface area contributed by atoms with Gasteiger partial charge in [0, 0.05) is 20.1 Å². The van der Waals surface area contributed by atoms with E-state index in [4.69, 9.17) is 11.6 Å². The van der Waals surface area contributed by atoms with E-state index in [0.717, 1.165) is 16.6 Å². The molecule has 2 nitrogen and oxygen atoms in total. The van der Waals surface area contributed by atoms with Crippen LogP contribution >= 0.6 is 11.6 Å². The van der Waals surface area contributed by atoms with Crippen molar-refractivity contribution in [3.05, 3.63) is 23.2 Å². The van der Waals surface area contributed by atoms with Crippen molar-refractivity contribution in [3.8, 4) is 0 Å². The Hall–Kier alpha value is -0.890. The minimum atomic E-state index is 0.587. The maximum absolute atomic E-state index is 6.34. The number of nitrogens with zero attached hydrogens (tertiary/aromatic N) is 1. The van der Waals surface area contributed by atoms with Crippen LogP contribution in [0.15, 0.2) is 18.2 Å². The summed E-state index contributed by atoms with van der Waals surface area (Å²) in [6.45, 7) is 2.32. The Bertz CT molecular complexity index is 431. The molecule has 1 N–H and O–H groups in total. The van der Waals surface area contributed by atoms with E-state index in [1.807, 2.05) is 26.2 Å². The van der Waals surface area contributed by atoms with Gasteiger partial charge < -0.3 is 10.2 Å². The van der Waals surface area contributed by atoms with Crippen molar-refractivity contribution in [1.82, 2.24) is 0 Å². The summed E-state index contributed by atoms with van der Waals surface area (Å²) in [4.78, 5) is 2.09. The van der Waals surface area contributed by atoms with E-state index in [-0.39, 0.29) is 0 Å². The molecular weight excluding hydrogens is 268 g/mol. The maximum atomic E-state index is 6.34. The van der Waals surface area contributed by atoms with Crippen molar-refractivity contribution in [1.29, 1.82) is 0 Å². The van der Waals surface area contributed by atoms with Crippen LogP contribution in [-0.4, -0.2) is 20.1 Å². The number of benzene rings is 1. The molecule has 0 amide bonds. The van der Waals surface area contributed by atoms with E-state index in [2.05, 4.69) is 23.2 Å². The van der Waals surface area contributed by atoms with E-state index in [1.165, 1.54) is 44.2 Å². The number of hydrogen-bond acceptors (Lipinski definition) is 2. The molecule has 0 heterocycles. The topological polar surface area (TPSA) is 15.3 Å². The highest BCUT2D eigenvalue weighted by atomic mass is 35.5. The molecular formula is C17H27ClN2. The molecule has 2 unspecified atom stereocenters. The van der Waals surface area contributed by atoms with Crippen LogP contribution in [0.25, 0.3) is 0 Å². The van der Waals surface area contributed by atoms with Gasteiger partial charge in [0.1, 0.15) is 0 Å². The van der Waals surface area contributed by atoms with E-state index in [9.17, 15) is 0 Å². The second-order valence-corrected chi connectivity index (χ2v) is 6.56. The number of halogens is 1. The maximum Gasteiger partial charge on any atom is 0.0786 e. The summed E-state index contributed by atoms with van der Waals surface area (Å²) in [6, 6.07) is 6.72. The summed E-state index contributed by atoms with van der Waals surface area (Å²) in [7, 11) is 4.10. The van der Waals surface area contributed by atoms with Gasteiger partial charge in [-0.3, -0.25) is 0 Å². The lowest BCUT2D eigenvalue weighted by atomic mass is 9.98.